The molecular weight excluding hydrogens is 358 g/mol. The molecule has 0 aliphatic heterocycles. The minimum atomic E-state index is -0.512. The molecular formula is C13H10BrN3O3S. The van der Waals surface area contributed by atoms with Crippen molar-refractivity contribution in [2.45, 2.75) is 5.03 Å². The summed E-state index contributed by atoms with van der Waals surface area (Å²) in [5.41, 5.74) is 0.638. The molecule has 0 atom stereocenters. The zero-order chi connectivity index (χ0) is 15.2. The predicted octanol–water partition coefficient (Wildman–Crippen LogP) is 3.48. The van der Waals surface area contributed by atoms with Crippen LogP contribution in [0.5, 0.6) is 0 Å². The third-order valence-corrected chi connectivity index (χ3v) is 3.88. The van der Waals surface area contributed by atoms with E-state index in [2.05, 4.69) is 26.2 Å². The molecule has 0 unspecified atom stereocenters. The van der Waals surface area contributed by atoms with Gasteiger partial charge in [0, 0.05) is 16.2 Å². The van der Waals surface area contributed by atoms with Crippen molar-refractivity contribution >= 4 is 45.0 Å². The van der Waals surface area contributed by atoms with Gasteiger partial charge in [-0.15, -0.1) is 0 Å². The molecule has 2 aromatic rings. The van der Waals surface area contributed by atoms with Gasteiger partial charge in [-0.25, -0.2) is 4.98 Å². The van der Waals surface area contributed by atoms with Crippen LogP contribution in [0.25, 0.3) is 0 Å². The zero-order valence-corrected chi connectivity index (χ0v) is 13.1. The van der Waals surface area contributed by atoms with Gasteiger partial charge >= 0.3 is 0 Å². The summed E-state index contributed by atoms with van der Waals surface area (Å²) in [5.74, 6) is 0.0170. The predicted molar refractivity (Wildman–Crippen MR) is 84.4 cm³/mol. The largest absolute Gasteiger partial charge is 0.325 e. The molecule has 1 N–H and O–H groups in total. The molecule has 0 saturated heterocycles. The van der Waals surface area contributed by atoms with E-state index in [9.17, 15) is 14.9 Å². The third kappa shape index (κ3) is 4.83. The number of carbonyl (C=O) groups is 1. The summed E-state index contributed by atoms with van der Waals surface area (Å²) in [6, 6.07) is 10.1. The quantitative estimate of drug-likeness (QED) is 0.496. The molecule has 0 saturated carbocycles. The number of amides is 1. The average Bonchev–Trinajstić information content (AvgIpc) is 2.48. The van der Waals surface area contributed by atoms with Gasteiger partial charge < -0.3 is 5.32 Å². The Morgan fingerprint density at radius 3 is 2.57 bits per heavy atom. The molecule has 0 bridgehead atoms. The molecule has 21 heavy (non-hydrogen) atoms. The van der Waals surface area contributed by atoms with Crippen LogP contribution in [0.15, 0.2) is 52.1 Å². The van der Waals surface area contributed by atoms with Crippen molar-refractivity contribution in [1.29, 1.82) is 0 Å². The van der Waals surface area contributed by atoms with Crippen LogP contribution in [0.4, 0.5) is 11.4 Å². The highest BCUT2D eigenvalue weighted by molar-refractivity contribution is 9.10. The number of halogens is 1. The van der Waals surface area contributed by atoms with Gasteiger partial charge in [0.15, 0.2) is 0 Å². The number of carbonyl (C=O) groups excluding carboxylic acids is 1. The number of pyridine rings is 1. The maximum atomic E-state index is 11.8. The van der Waals surface area contributed by atoms with Crippen LogP contribution in [0, 0.1) is 10.1 Å². The monoisotopic (exact) mass is 367 g/mol. The summed E-state index contributed by atoms with van der Waals surface area (Å²) < 4.78 is 0.935. The molecule has 1 amide bonds. The van der Waals surface area contributed by atoms with Gasteiger partial charge in [-0.1, -0.05) is 27.7 Å². The highest BCUT2D eigenvalue weighted by atomic mass is 79.9. The zero-order valence-electron chi connectivity index (χ0n) is 10.7. The molecule has 0 aliphatic carbocycles. The Labute approximate surface area is 133 Å². The van der Waals surface area contributed by atoms with Crippen molar-refractivity contribution in [1.82, 2.24) is 4.98 Å². The molecule has 8 heteroatoms. The summed E-state index contributed by atoms with van der Waals surface area (Å²) in [7, 11) is 0. The molecule has 0 spiro atoms. The van der Waals surface area contributed by atoms with Gasteiger partial charge in [0.05, 0.1) is 15.7 Å². The lowest BCUT2D eigenvalue weighted by atomic mass is 10.3. The van der Waals surface area contributed by atoms with Gasteiger partial charge in [0.25, 0.3) is 5.69 Å². The first kappa shape index (κ1) is 15.5. The minimum absolute atomic E-state index is 0.0707. The fourth-order valence-electron chi connectivity index (χ4n) is 1.44. The summed E-state index contributed by atoms with van der Waals surface area (Å²) in [5, 5.41) is 13.8. The van der Waals surface area contributed by atoms with E-state index < -0.39 is 4.92 Å². The number of rotatable bonds is 5. The average molecular weight is 368 g/mol. The summed E-state index contributed by atoms with van der Waals surface area (Å²) in [6.45, 7) is 0. The van der Waals surface area contributed by atoms with E-state index in [4.69, 9.17) is 0 Å². The Balaban J connectivity index is 1.86. The lowest BCUT2D eigenvalue weighted by Gasteiger charge is -2.04. The van der Waals surface area contributed by atoms with Crippen molar-refractivity contribution in [3.8, 4) is 0 Å². The Morgan fingerprint density at radius 1 is 1.29 bits per heavy atom. The van der Waals surface area contributed by atoms with Crippen LogP contribution < -0.4 is 5.32 Å². The van der Waals surface area contributed by atoms with Gasteiger partial charge in [-0.05, 0) is 30.3 Å². The topological polar surface area (TPSA) is 85.1 Å². The van der Waals surface area contributed by atoms with E-state index in [0.717, 1.165) is 4.47 Å². The Bertz CT molecular complexity index is 647. The second-order valence-electron chi connectivity index (χ2n) is 3.96. The molecule has 108 valence electrons. The van der Waals surface area contributed by atoms with Gasteiger partial charge in [-0.3, -0.25) is 14.9 Å². The van der Waals surface area contributed by atoms with Gasteiger partial charge in [-0.2, -0.15) is 0 Å². The molecule has 1 aromatic heterocycles. The fourth-order valence-corrected chi connectivity index (χ4v) is 2.34. The molecule has 1 heterocycles. The summed E-state index contributed by atoms with van der Waals surface area (Å²) in [6.07, 6.45) is 1.18. The van der Waals surface area contributed by atoms with Gasteiger partial charge in [0.1, 0.15) is 6.20 Å². The lowest BCUT2D eigenvalue weighted by molar-refractivity contribution is -0.385. The van der Waals surface area contributed by atoms with Crippen LogP contribution in [-0.2, 0) is 4.79 Å². The number of benzene rings is 1. The van der Waals surface area contributed by atoms with Crippen LogP contribution in [0.1, 0.15) is 0 Å². The highest BCUT2D eigenvalue weighted by Crippen LogP contribution is 2.19. The van der Waals surface area contributed by atoms with E-state index >= 15 is 0 Å². The first-order valence-corrected chi connectivity index (χ1v) is 7.61. The van der Waals surface area contributed by atoms with Crippen LogP contribution in [0.2, 0.25) is 0 Å². The van der Waals surface area contributed by atoms with Crippen LogP contribution in [0.3, 0.4) is 0 Å². The minimum Gasteiger partial charge on any atom is -0.325 e. The highest BCUT2D eigenvalue weighted by Gasteiger charge is 2.08. The van der Waals surface area contributed by atoms with Gasteiger partial charge in [0.2, 0.25) is 5.91 Å². The van der Waals surface area contributed by atoms with Crippen molar-refractivity contribution in [2.24, 2.45) is 0 Å². The maximum absolute atomic E-state index is 11.8. The molecule has 0 aliphatic rings. The number of aromatic nitrogens is 1. The lowest BCUT2D eigenvalue weighted by Crippen LogP contribution is -2.13. The van der Waals surface area contributed by atoms with Crippen molar-refractivity contribution in [3.63, 3.8) is 0 Å². The van der Waals surface area contributed by atoms with E-state index in [1.807, 2.05) is 12.1 Å². The number of nitro groups is 1. The molecule has 0 radical (unpaired) electrons. The molecule has 1 aromatic carbocycles. The number of hydrogen-bond donors (Lipinski definition) is 1. The first-order chi connectivity index (χ1) is 10.0. The molecule has 2 rings (SSSR count). The smallest absolute Gasteiger partial charge is 0.287 e. The Morgan fingerprint density at radius 2 is 2.00 bits per heavy atom. The van der Waals surface area contributed by atoms with Crippen molar-refractivity contribution in [2.75, 3.05) is 11.1 Å². The van der Waals surface area contributed by atoms with E-state index in [1.54, 1.807) is 12.1 Å². The fraction of sp³-hybridized carbons (Fsp3) is 0.0769. The number of nitrogens with zero attached hydrogens (tertiary/aromatic N) is 2. The third-order valence-electron chi connectivity index (χ3n) is 2.41. The number of hydrogen-bond acceptors (Lipinski definition) is 5. The number of thioether (sulfide) groups is 1. The number of nitrogens with one attached hydrogen (secondary N) is 1. The first-order valence-electron chi connectivity index (χ1n) is 5.83. The normalized spacial score (nSPS) is 10.1. The summed E-state index contributed by atoms with van der Waals surface area (Å²) in [4.78, 5) is 25.7. The SMILES string of the molecule is O=C(CSc1ccc([N+](=O)[O-])cn1)Nc1ccc(Br)cc1. The van der Waals surface area contributed by atoms with Crippen LogP contribution in [-0.4, -0.2) is 21.6 Å². The Kier molecular flexibility index (Phi) is 5.29. The molecule has 0 fully saturated rings. The van der Waals surface area contributed by atoms with Crippen molar-refractivity contribution in [3.05, 3.63) is 57.2 Å². The number of anilines is 1. The maximum Gasteiger partial charge on any atom is 0.287 e. The molecule has 6 nitrogen and oxygen atoms in total. The van der Waals surface area contributed by atoms with E-state index in [-0.39, 0.29) is 17.3 Å². The van der Waals surface area contributed by atoms with E-state index in [0.29, 0.717) is 10.7 Å². The second-order valence-corrected chi connectivity index (χ2v) is 5.87. The van der Waals surface area contributed by atoms with Crippen molar-refractivity contribution < 1.29 is 9.72 Å². The Hall–Kier alpha value is -1.93. The summed E-state index contributed by atoms with van der Waals surface area (Å²) >= 11 is 4.53. The van der Waals surface area contributed by atoms with Crippen LogP contribution >= 0.6 is 27.7 Å². The second kappa shape index (κ2) is 7.19. The standard InChI is InChI=1S/C13H10BrN3O3S/c14-9-1-3-10(4-2-9)16-12(18)8-21-13-6-5-11(7-15-13)17(19)20/h1-7H,8H2,(H,16,18). The van der Waals surface area contributed by atoms with E-state index in [1.165, 1.54) is 30.1 Å².